The summed E-state index contributed by atoms with van der Waals surface area (Å²) in [7, 11) is 4.29. The Kier molecular flexibility index (Phi) is 12.0. The third-order valence-corrected chi connectivity index (χ3v) is 13.0. The van der Waals surface area contributed by atoms with Crippen LogP contribution in [0, 0.1) is 0 Å². The highest BCUT2D eigenvalue weighted by Gasteiger charge is 2.24. The smallest absolute Gasteiger partial charge is 0.0394 e. The zero-order valence-electron chi connectivity index (χ0n) is 38.9. The molecule has 0 aliphatic heterocycles. The third kappa shape index (κ3) is 9.66. The second-order valence-corrected chi connectivity index (χ2v) is 19.5. The third-order valence-electron chi connectivity index (χ3n) is 13.0. The fourth-order valence-electron chi connectivity index (χ4n) is 9.20. The summed E-state index contributed by atoms with van der Waals surface area (Å²) in [5.41, 5.74) is 22.4. The van der Waals surface area contributed by atoms with Gasteiger partial charge < -0.3 is 4.90 Å². The average molecular weight is 842 g/mol. The highest BCUT2D eigenvalue weighted by Crippen LogP contribution is 2.39. The summed E-state index contributed by atoms with van der Waals surface area (Å²) in [6.07, 6.45) is 0.917. The molecule has 0 aliphatic carbocycles. The van der Waals surface area contributed by atoms with Crippen molar-refractivity contribution in [1.29, 1.82) is 0 Å². The van der Waals surface area contributed by atoms with Gasteiger partial charge in [0.2, 0.25) is 0 Å². The van der Waals surface area contributed by atoms with E-state index >= 15 is 0 Å². The van der Waals surface area contributed by atoms with Gasteiger partial charge >= 0.3 is 0 Å². The van der Waals surface area contributed by atoms with E-state index < -0.39 is 0 Å². The van der Waals surface area contributed by atoms with Gasteiger partial charge in [-0.25, -0.2) is 0 Å². The Bertz CT molecular complexity index is 3060. The molecule has 0 saturated heterocycles. The Morgan fingerprint density at radius 1 is 0.292 bits per heavy atom. The summed E-state index contributed by atoms with van der Waals surface area (Å²) >= 11 is 0. The molecule has 0 fully saturated rings. The first kappa shape index (κ1) is 43.1. The van der Waals surface area contributed by atoms with Gasteiger partial charge in [-0.05, 0) is 154 Å². The van der Waals surface area contributed by atoms with E-state index in [2.05, 4.69) is 272 Å². The lowest BCUT2D eigenvalue weighted by atomic mass is 9.78. The first-order chi connectivity index (χ1) is 31.4. The minimum Gasteiger partial charge on any atom is -0.377 e. The second kappa shape index (κ2) is 18.1. The standard InChI is InChI=1S/C64H59N/c1-63(2,3)61-26-16-25-54(43-61)58-41-56(46-19-12-9-13-20-46)40-57(42-58)53-24-15-23-52(38-53)51-22-14-21-50(37-51)49-31-34-60(35-32-49)64(4,5)44-59-39-55(33-36-62(59)65(6)7)48-29-27-47(28-30-48)45-17-10-8-11-18-45/h8-43H,44H2,1-7H3. The molecule has 0 amide bonds. The molecule has 9 aromatic rings. The summed E-state index contributed by atoms with van der Waals surface area (Å²) < 4.78 is 0. The van der Waals surface area contributed by atoms with E-state index in [4.69, 9.17) is 0 Å². The van der Waals surface area contributed by atoms with Crippen molar-refractivity contribution in [3.8, 4) is 77.9 Å². The zero-order chi connectivity index (χ0) is 45.1. The van der Waals surface area contributed by atoms with E-state index in [1.165, 1.54) is 100 Å². The van der Waals surface area contributed by atoms with Crippen molar-refractivity contribution in [2.45, 2.75) is 51.9 Å². The molecule has 0 spiro atoms. The fraction of sp³-hybridized carbons (Fsp3) is 0.156. The molecule has 0 aromatic heterocycles. The Morgan fingerprint density at radius 2 is 0.631 bits per heavy atom. The van der Waals surface area contributed by atoms with Crippen LogP contribution < -0.4 is 4.90 Å². The largest absolute Gasteiger partial charge is 0.377 e. The maximum absolute atomic E-state index is 2.40. The van der Waals surface area contributed by atoms with Crippen molar-refractivity contribution in [1.82, 2.24) is 0 Å². The monoisotopic (exact) mass is 841 g/mol. The topological polar surface area (TPSA) is 3.24 Å². The lowest BCUT2D eigenvalue weighted by molar-refractivity contribution is 0.522. The van der Waals surface area contributed by atoms with Crippen molar-refractivity contribution in [3.63, 3.8) is 0 Å². The van der Waals surface area contributed by atoms with Gasteiger partial charge in [0.05, 0.1) is 0 Å². The van der Waals surface area contributed by atoms with Gasteiger partial charge in [0.15, 0.2) is 0 Å². The van der Waals surface area contributed by atoms with Crippen LogP contribution >= 0.6 is 0 Å². The average Bonchev–Trinajstić information content (AvgIpc) is 3.34. The van der Waals surface area contributed by atoms with Gasteiger partial charge in [0.1, 0.15) is 0 Å². The summed E-state index contributed by atoms with van der Waals surface area (Å²) in [5.74, 6) is 0. The van der Waals surface area contributed by atoms with Crippen LogP contribution in [0.15, 0.2) is 218 Å². The molecular formula is C64H59N. The molecule has 1 nitrogen and oxygen atoms in total. The summed E-state index contributed by atoms with van der Waals surface area (Å²) in [6.45, 7) is 11.6. The van der Waals surface area contributed by atoms with Crippen LogP contribution in [0.1, 0.15) is 51.3 Å². The lowest BCUT2D eigenvalue weighted by Gasteiger charge is -2.29. The van der Waals surface area contributed by atoms with Gasteiger partial charge in [-0.1, -0.05) is 211 Å². The number of hydrogen-bond donors (Lipinski definition) is 0. The van der Waals surface area contributed by atoms with E-state index in [1.54, 1.807) is 0 Å². The van der Waals surface area contributed by atoms with E-state index in [-0.39, 0.29) is 10.8 Å². The molecule has 320 valence electrons. The molecule has 0 N–H and O–H groups in total. The molecule has 65 heavy (non-hydrogen) atoms. The van der Waals surface area contributed by atoms with E-state index in [0.717, 1.165) is 6.42 Å². The molecule has 0 aliphatic rings. The summed E-state index contributed by atoms with van der Waals surface area (Å²) in [5, 5.41) is 0. The Hall–Kier alpha value is -7.22. The number of hydrogen-bond acceptors (Lipinski definition) is 1. The normalized spacial score (nSPS) is 11.7. The number of nitrogens with zero attached hydrogens (tertiary/aromatic N) is 1. The molecule has 0 radical (unpaired) electrons. The number of anilines is 1. The predicted molar refractivity (Wildman–Crippen MR) is 281 cm³/mol. The molecule has 9 aromatic carbocycles. The van der Waals surface area contributed by atoms with Crippen LogP contribution in [0.4, 0.5) is 5.69 Å². The van der Waals surface area contributed by atoms with Gasteiger partial charge in [-0.15, -0.1) is 0 Å². The van der Waals surface area contributed by atoms with Crippen molar-refractivity contribution in [2.24, 2.45) is 0 Å². The van der Waals surface area contributed by atoms with Crippen LogP contribution in [-0.2, 0) is 17.3 Å². The van der Waals surface area contributed by atoms with E-state index in [9.17, 15) is 0 Å². The van der Waals surface area contributed by atoms with Crippen LogP contribution in [0.5, 0.6) is 0 Å². The first-order valence-electron chi connectivity index (χ1n) is 23.0. The molecule has 0 heterocycles. The number of rotatable bonds is 11. The van der Waals surface area contributed by atoms with Crippen LogP contribution in [0.3, 0.4) is 0 Å². The molecule has 0 unspecified atom stereocenters. The molecule has 0 saturated carbocycles. The van der Waals surface area contributed by atoms with Crippen molar-refractivity contribution in [2.75, 3.05) is 19.0 Å². The quantitative estimate of drug-likeness (QED) is 0.125. The highest BCUT2D eigenvalue weighted by atomic mass is 15.1. The Labute approximate surface area is 387 Å². The van der Waals surface area contributed by atoms with Crippen molar-refractivity contribution < 1.29 is 0 Å². The lowest BCUT2D eigenvalue weighted by Crippen LogP contribution is -2.22. The summed E-state index contributed by atoms with van der Waals surface area (Å²) in [4.78, 5) is 2.24. The second-order valence-electron chi connectivity index (χ2n) is 19.5. The van der Waals surface area contributed by atoms with Crippen LogP contribution in [0.2, 0.25) is 0 Å². The molecular weight excluding hydrogens is 783 g/mol. The summed E-state index contributed by atoms with van der Waals surface area (Å²) in [6, 6.07) is 80.6. The number of benzene rings is 9. The molecule has 0 atom stereocenters. The van der Waals surface area contributed by atoms with Gasteiger partial charge in [-0.2, -0.15) is 0 Å². The molecule has 1 heteroatoms. The van der Waals surface area contributed by atoms with Gasteiger partial charge in [0, 0.05) is 19.8 Å². The fourth-order valence-corrected chi connectivity index (χ4v) is 9.20. The minimum absolute atomic E-state index is 0.0686. The SMILES string of the molecule is CN(C)c1ccc(-c2ccc(-c3ccccc3)cc2)cc1CC(C)(C)c1ccc(-c2cccc(-c3cccc(-c4cc(-c5ccccc5)cc(-c5cccc(C(C)(C)C)c5)c4)c3)c2)cc1. The Morgan fingerprint density at radius 3 is 1.14 bits per heavy atom. The predicted octanol–water partition coefficient (Wildman–Crippen LogP) is 17.2. The Balaban J connectivity index is 0.974. The maximum atomic E-state index is 2.40. The van der Waals surface area contributed by atoms with Crippen LogP contribution in [0.25, 0.3) is 77.9 Å². The van der Waals surface area contributed by atoms with Gasteiger partial charge in [-0.3, -0.25) is 0 Å². The van der Waals surface area contributed by atoms with Crippen molar-refractivity contribution in [3.05, 3.63) is 235 Å². The minimum atomic E-state index is -0.0889. The maximum Gasteiger partial charge on any atom is 0.0394 e. The van der Waals surface area contributed by atoms with Crippen LogP contribution in [-0.4, -0.2) is 14.1 Å². The highest BCUT2D eigenvalue weighted by molar-refractivity contribution is 5.84. The van der Waals surface area contributed by atoms with Crippen molar-refractivity contribution >= 4 is 5.69 Å². The zero-order valence-corrected chi connectivity index (χ0v) is 38.9. The van der Waals surface area contributed by atoms with E-state index in [1.807, 2.05) is 0 Å². The van der Waals surface area contributed by atoms with Gasteiger partial charge in [0.25, 0.3) is 0 Å². The molecule has 9 rings (SSSR count). The first-order valence-corrected chi connectivity index (χ1v) is 23.0. The van der Waals surface area contributed by atoms with E-state index in [0.29, 0.717) is 0 Å². The molecule has 0 bridgehead atoms.